The van der Waals surface area contributed by atoms with Gasteiger partial charge in [-0.1, -0.05) is 11.6 Å². The van der Waals surface area contributed by atoms with Gasteiger partial charge in [-0.25, -0.2) is 0 Å². The predicted octanol–water partition coefficient (Wildman–Crippen LogP) is 4.03. The van der Waals surface area contributed by atoms with Crippen LogP contribution in [0.5, 0.6) is 5.75 Å². The number of carbonyl (C=O) groups excluding carboxylic acids is 2. The molecule has 1 saturated heterocycles. The van der Waals surface area contributed by atoms with E-state index in [1.165, 1.54) is 13.5 Å². The first-order chi connectivity index (χ1) is 13.6. The summed E-state index contributed by atoms with van der Waals surface area (Å²) in [5.41, 5.74) is 2.04. The standard InChI is InChI=1S/C21H24ClN3O3/c1-28-19-10-9-17(13-18(19)22)24-20(26)14-23-16-7-5-15(6-8-16)21(27)25-11-3-2-4-12-25/h5-10,13,23H,2-4,11-12,14H2,1H3,(H,24,26). The number of hydrogen-bond donors (Lipinski definition) is 2. The minimum absolute atomic E-state index is 0.0698. The number of benzene rings is 2. The number of piperidine rings is 1. The molecule has 1 heterocycles. The third-order valence-electron chi connectivity index (χ3n) is 4.66. The fourth-order valence-corrected chi connectivity index (χ4v) is 3.40. The Balaban J connectivity index is 1.51. The molecule has 148 valence electrons. The van der Waals surface area contributed by atoms with E-state index in [1.807, 2.05) is 17.0 Å². The summed E-state index contributed by atoms with van der Waals surface area (Å²) in [6.07, 6.45) is 3.33. The summed E-state index contributed by atoms with van der Waals surface area (Å²) < 4.78 is 5.09. The van der Waals surface area contributed by atoms with Crippen molar-refractivity contribution < 1.29 is 14.3 Å². The molecule has 0 unspecified atom stereocenters. The Kier molecular flexibility index (Phi) is 6.76. The van der Waals surface area contributed by atoms with Gasteiger partial charge in [0.15, 0.2) is 0 Å². The van der Waals surface area contributed by atoms with Crippen molar-refractivity contribution in [3.8, 4) is 5.75 Å². The van der Waals surface area contributed by atoms with Crippen molar-refractivity contribution in [1.29, 1.82) is 0 Å². The molecule has 0 bridgehead atoms. The molecule has 28 heavy (non-hydrogen) atoms. The Morgan fingerprint density at radius 3 is 2.36 bits per heavy atom. The van der Waals surface area contributed by atoms with E-state index in [2.05, 4.69) is 10.6 Å². The van der Waals surface area contributed by atoms with Crippen molar-refractivity contribution in [2.75, 3.05) is 37.4 Å². The number of rotatable bonds is 6. The minimum Gasteiger partial charge on any atom is -0.495 e. The number of hydrogen-bond acceptors (Lipinski definition) is 4. The van der Waals surface area contributed by atoms with Crippen molar-refractivity contribution in [2.24, 2.45) is 0 Å². The summed E-state index contributed by atoms with van der Waals surface area (Å²) in [6.45, 7) is 1.76. The number of carbonyl (C=O) groups is 2. The molecule has 2 N–H and O–H groups in total. The van der Waals surface area contributed by atoms with Gasteiger partial charge in [-0.2, -0.15) is 0 Å². The van der Waals surface area contributed by atoms with Crippen LogP contribution >= 0.6 is 11.6 Å². The number of likely N-dealkylation sites (tertiary alicyclic amines) is 1. The van der Waals surface area contributed by atoms with Gasteiger partial charge in [-0.15, -0.1) is 0 Å². The fourth-order valence-electron chi connectivity index (χ4n) is 3.14. The van der Waals surface area contributed by atoms with Crippen molar-refractivity contribution in [2.45, 2.75) is 19.3 Å². The van der Waals surface area contributed by atoms with Gasteiger partial charge in [0.25, 0.3) is 5.91 Å². The van der Waals surface area contributed by atoms with Crippen LogP contribution in [0.4, 0.5) is 11.4 Å². The lowest BCUT2D eigenvalue weighted by Gasteiger charge is -2.26. The van der Waals surface area contributed by atoms with Crippen LogP contribution in [0, 0.1) is 0 Å². The third-order valence-corrected chi connectivity index (χ3v) is 4.96. The highest BCUT2D eigenvalue weighted by molar-refractivity contribution is 6.32. The maximum Gasteiger partial charge on any atom is 0.253 e. The number of anilines is 2. The first kappa shape index (κ1) is 20.0. The first-order valence-corrected chi connectivity index (χ1v) is 9.71. The van der Waals surface area contributed by atoms with Gasteiger partial charge >= 0.3 is 0 Å². The fraction of sp³-hybridized carbons (Fsp3) is 0.333. The van der Waals surface area contributed by atoms with Gasteiger partial charge in [-0.05, 0) is 61.7 Å². The van der Waals surface area contributed by atoms with E-state index >= 15 is 0 Å². The molecule has 6 nitrogen and oxygen atoms in total. The lowest BCUT2D eigenvalue weighted by molar-refractivity contribution is -0.114. The minimum atomic E-state index is -0.199. The van der Waals surface area contributed by atoms with Crippen LogP contribution in [0.2, 0.25) is 5.02 Å². The highest BCUT2D eigenvalue weighted by atomic mass is 35.5. The second kappa shape index (κ2) is 9.46. The highest BCUT2D eigenvalue weighted by Gasteiger charge is 2.17. The van der Waals surface area contributed by atoms with Crippen LogP contribution in [0.15, 0.2) is 42.5 Å². The average molecular weight is 402 g/mol. The second-order valence-electron chi connectivity index (χ2n) is 6.68. The topological polar surface area (TPSA) is 70.7 Å². The molecule has 0 saturated carbocycles. The molecule has 2 aromatic rings. The number of nitrogens with one attached hydrogen (secondary N) is 2. The van der Waals surface area contributed by atoms with E-state index in [9.17, 15) is 9.59 Å². The lowest BCUT2D eigenvalue weighted by atomic mass is 10.1. The molecule has 1 aliphatic rings. The Hall–Kier alpha value is -2.73. The molecule has 7 heteroatoms. The molecule has 0 spiro atoms. The van der Waals surface area contributed by atoms with Crippen molar-refractivity contribution >= 4 is 34.8 Å². The van der Waals surface area contributed by atoms with Crippen molar-refractivity contribution in [1.82, 2.24) is 4.90 Å². The van der Waals surface area contributed by atoms with E-state index in [-0.39, 0.29) is 18.4 Å². The Morgan fingerprint density at radius 1 is 1.04 bits per heavy atom. The van der Waals surface area contributed by atoms with E-state index in [0.717, 1.165) is 31.6 Å². The van der Waals surface area contributed by atoms with Gasteiger partial charge in [0.2, 0.25) is 5.91 Å². The molecule has 3 rings (SSSR count). The smallest absolute Gasteiger partial charge is 0.253 e. The van der Waals surface area contributed by atoms with Crippen molar-refractivity contribution in [3.63, 3.8) is 0 Å². The van der Waals surface area contributed by atoms with E-state index in [0.29, 0.717) is 22.0 Å². The highest BCUT2D eigenvalue weighted by Crippen LogP contribution is 2.27. The first-order valence-electron chi connectivity index (χ1n) is 9.33. The molecule has 2 amide bonds. The van der Waals surface area contributed by atoms with Crippen LogP contribution in [0.1, 0.15) is 29.6 Å². The van der Waals surface area contributed by atoms with Gasteiger partial charge in [0.1, 0.15) is 5.75 Å². The number of nitrogens with zero attached hydrogens (tertiary/aromatic N) is 1. The lowest BCUT2D eigenvalue weighted by Crippen LogP contribution is -2.35. The molecule has 0 aromatic heterocycles. The Morgan fingerprint density at radius 2 is 1.71 bits per heavy atom. The quantitative estimate of drug-likeness (QED) is 0.766. The molecule has 0 atom stereocenters. The molecule has 1 aliphatic heterocycles. The van der Waals surface area contributed by atoms with Gasteiger partial charge < -0.3 is 20.3 Å². The van der Waals surface area contributed by atoms with Crippen molar-refractivity contribution in [3.05, 3.63) is 53.1 Å². The summed E-state index contributed by atoms with van der Waals surface area (Å²) in [5.74, 6) is 0.423. The Bertz CT molecular complexity index is 833. The summed E-state index contributed by atoms with van der Waals surface area (Å²) in [7, 11) is 1.54. The van der Waals surface area contributed by atoms with Crippen LogP contribution in [-0.2, 0) is 4.79 Å². The summed E-state index contributed by atoms with van der Waals surface area (Å²) in [5, 5.41) is 6.26. The predicted molar refractivity (Wildman–Crippen MR) is 111 cm³/mol. The Labute approximate surface area is 169 Å². The van der Waals surface area contributed by atoms with Crippen LogP contribution in [0.3, 0.4) is 0 Å². The average Bonchev–Trinajstić information content (AvgIpc) is 2.73. The number of ether oxygens (including phenoxy) is 1. The van der Waals surface area contributed by atoms with Gasteiger partial charge in [0, 0.05) is 30.0 Å². The second-order valence-corrected chi connectivity index (χ2v) is 7.09. The molecular formula is C21H24ClN3O3. The number of amides is 2. The molecule has 0 aliphatic carbocycles. The summed E-state index contributed by atoms with van der Waals surface area (Å²) in [4.78, 5) is 26.5. The van der Waals surface area contributed by atoms with Gasteiger partial charge in [-0.3, -0.25) is 9.59 Å². The maximum atomic E-state index is 12.5. The van der Waals surface area contributed by atoms with E-state index in [4.69, 9.17) is 16.3 Å². The van der Waals surface area contributed by atoms with E-state index in [1.54, 1.807) is 30.3 Å². The normalized spacial score (nSPS) is 13.7. The molecule has 1 fully saturated rings. The zero-order chi connectivity index (χ0) is 19.9. The zero-order valence-corrected chi connectivity index (χ0v) is 16.6. The van der Waals surface area contributed by atoms with E-state index < -0.39 is 0 Å². The number of methoxy groups -OCH3 is 1. The summed E-state index contributed by atoms with van der Waals surface area (Å²) >= 11 is 6.06. The SMILES string of the molecule is COc1ccc(NC(=O)CNc2ccc(C(=O)N3CCCCC3)cc2)cc1Cl. The van der Waals surface area contributed by atoms with Crippen LogP contribution in [0.25, 0.3) is 0 Å². The third kappa shape index (κ3) is 5.16. The molecule has 0 radical (unpaired) electrons. The molecule has 2 aromatic carbocycles. The van der Waals surface area contributed by atoms with Crippen LogP contribution < -0.4 is 15.4 Å². The largest absolute Gasteiger partial charge is 0.495 e. The zero-order valence-electron chi connectivity index (χ0n) is 15.8. The number of halogens is 1. The van der Waals surface area contributed by atoms with Gasteiger partial charge in [0.05, 0.1) is 18.7 Å². The molecular weight excluding hydrogens is 378 g/mol. The monoisotopic (exact) mass is 401 g/mol. The maximum absolute atomic E-state index is 12.5. The summed E-state index contributed by atoms with van der Waals surface area (Å²) in [6, 6.07) is 12.3. The van der Waals surface area contributed by atoms with Crippen LogP contribution in [-0.4, -0.2) is 43.5 Å².